The Hall–Kier alpha value is -0.650. The first-order valence-corrected chi connectivity index (χ1v) is 6.54. The summed E-state index contributed by atoms with van der Waals surface area (Å²) in [4.78, 5) is 11.8. The van der Waals surface area contributed by atoms with Crippen LogP contribution < -0.4 is 10.6 Å². The third-order valence-electron chi connectivity index (χ3n) is 2.83. The van der Waals surface area contributed by atoms with Crippen LogP contribution in [-0.2, 0) is 14.3 Å². The summed E-state index contributed by atoms with van der Waals surface area (Å²) in [6, 6.07) is -0.0233. The third-order valence-corrected chi connectivity index (χ3v) is 2.83. The number of carbonyl (C=O) groups is 1. The molecule has 0 aromatic rings. The maximum Gasteiger partial charge on any atom is 0.236 e. The molecule has 0 aliphatic heterocycles. The summed E-state index contributed by atoms with van der Waals surface area (Å²) < 4.78 is 10.1. The van der Waals surface area contributed by atoms with Gasteiger partial charge in [-0.3, -0.25) is 4.79 Å². The van der Waals surface area contributed by atoms with Crippen LogP contribution in [0.2, 0.25) is 0 Å². The number of nitrogens with one attached hydrogen (secondary N) is 2. The van der Waals surface area contributed by atoms with Gasteiger partial charge in [0.05, 0.1) is 12.6 Å². The Morgan fingerprint density at radius 1 is 1.17 bits per heavy atom. The molecule has 2 unspecified atom stereocenters. The van der Waals surface area contributed by atoms with Gasteiger partial charge in [-0.2, -0.15) is 0 Å². The van der Waals surface area contributed by atoms with Gasteiger partial charge in [0, 0.05) is 33.4 Å². The molecular weight excluding hydrogens is 232 g/mol. The molecule has 0 bridgehead atoms. The minimum atomic E-state index is -0.213. The Kier molecular flexibility index (Phi) is 9.92. The third kappa shape index (κ3) is 7.63. The van der Waals surface area contributed by atoms with Crippen LogP contribution in [0.1, 0.15) is 27.2 Å². The molecular formula is C13H28N2O3. The van der Waals surface area contributed by atoms with Gasteiger partial charge in [-0.1, -0.05) is 13.8 Å². The van der Waals surface area contributed by atoms with Crippen LogP contribution in [0.5, 0.6) is 0 Å². The molecule has 18 heavy (non-hydrogen) atoms. The van der Waals surface area contributed by atoms with Gasteiger partial charge >= 0.3 is 0 Å². The first-order valence-electron chi connectivity index (χ1n) is 6.54. The number of ether oxygens (including phenoxy) is 2. The van der Waals surface area contributed by atoms with E-state index in [1.165, 1.54) is 0 Å². The van der Waals surface area contributed by atoms with Crippen molar-refractivity contribution in [1.82, 2.24) is 10.6 Å². The topological polar surface area (TPSA) is 59.6 Å². The number of hydrogen-bond donors (Lipinski definition) is 2. The van der Waals surface area contributed by atoms with E-state index in [9.17, 15) is 4.79 Å². The van der Waals surface area contributed by atoms with Gasteiger partial charge in [0.25, 0.3) is 0 Å². The fourth-order valence-electron chi connectivity index (χ4n) is 1.59. The zero-order valence-electron chi connectivity index (χ0n) is 12.3. The first-order chi connectivity index (χ1) is 8.52. The van der Waals surface area contributed by atoms with Crippen molar-refractivity contribution in [2.24, 2.45) is 5.92 Å². The van der Waals surface area contributed by atoms with Crippen LogP contribution in [0.3, 0.4) is 0 Å². The van der Waals surface area contributed by atoms with Crippen LogP contribution in [0.15, 0.2) is 0 Å². The molecule has 0 rings (SSSR count). The lowest BCUT2D eigenvalue weighted by molar-refractivity contribution is -0.123. The molecule has 5 nitrogen and oxygen atoms in total. The lowest BCUT2D eigenvalue weighted by atomic mass is 10.0. The van der Waals surface area contributed by atoms with E-state index in [4.69, 9.17) is 9.47 Å². The molecule has 5 heteroatoms. The van der Waals surface area contributed by atoms with E-state index < -0.39 is 0 Å². The quantitative estimate of drug-likeness (QED) is 0.570. The van der Waals surface area contributed by atoms with E-state index in [0.29, 0.717) is 25.7 Å². The fourth-order valence-corrected chi connectivity index (χ4v) is 1.59. The van der Waals surface area contributed by atoms with Crippen molar-refractivity contribution >= 4 is 5.91 Å². The van der Waals surface area contributed by atoms with E-state index in [1.54, 1.807) is 14.2 Å². The molecule has 0 saturated heterocycles. The highest BCUT2D eigenvalue weighted by Crippen LogP contribution is 2.03. The Balaban J connectivity index is 3.96. The van der Waals surface area contributed by atoms with Crippen molar-refractivity contribution in [2.45, 2.75) is 39.3 Å². The van der Waals surface area contributed by atoms with Gasteiger partial charge in [0.1, 0.15) is 0 Å². The maximum absolute atomic E-state index is 11.8. The van der Waals surface area contributed by atoms with Crippen LogP contribution in [0.25, 0.3) is 0 Å². The number of carbonyl (C=O) groups excluding carboxylic acids is 1. The van der Waals surface area contributed by atoms with Gasteiger partial charge < -0.3 is 20.1 Å². The Labute approximate surface area is 111 Å². The monoisotopic (exact) mass is 260 g/mol. The van der Waals surface area contributed by atoms with Crippen LogP contribution in [0, 0.1) is 5.92 Å². The van der Waals surface area contributed by atoms with E-state index in [-0.39, 0.29) is 18.0 Å². The van der Waals surface area contributed by atoms with Gasteiger partial charge in [-0.15, -0.1) is 0 Å². The van der Waals surface area contributed by atoms with Crippen molar-refractivity contribution in [2.75, 3.05) is 34.0 Å². The van der Waals surface area contributed by atoms with Gasteiger partial charge in [-0.25, -0.2) is 0 Å². The molecule has 0 aromatic heterocycles. The molecule has 0 aliphatic rings. The molecule has 2 N–H and O–H groups in total. The summed E-state index contributed by atoms with van der Waals surface area (Å²) in [5.41, 5.74) is 0. The SMILES string of the molecule is COCCCNC(=O)C(C)NC(COC)C(C)C. The van der Waals surface area contributed by atoms with E-state index in [0.717, 1.165) is 6.42 Å². The minimum Gasteiger partial charge on any atom is -0.385 e. The van der Waals surface area contributed by atoms with Crippen LogP contribution in [0.4, 0.5) is 0 Å². The molecule has 0 radical (unpaired) electrons. The highest BCUT2D eigenvalue weighted by Gasteiger charge is 2.19. The average Bonchev–Trinajstić information content (AvgIpc) is 2.33. The summed E-state index contributed by atoms with van der Waals surface area (Å²) in [5.74, 6) is 0.446. The Morgan fingerprint density at radius 3 is 2.33 bits per heavy atom. The van der Waals surface area contributed by atoms with E-state index in [2.05, 4.69) is 24.5 Å². The first kappa shape index (κ1) is 17.4. The van der Waals surface area contributed by atoms with Gasteiger partial charge in [0.15, 0.2) is 0 Å². The predicted octanol–water partition coefficient (Wildman–Crippen LogP) is 0.788. The minimum absolute atomic E-state index is 0.0212. The lowest BCUT2D eigenvalue weighted by Gasteiger charge is -2.25. The summed E-state index contributed by atoms with van der Waals surface area (Å²) in [5, 5.41) is 6.17. The maximum atomic E-state index is 11.8. The summed E-state index contributed by atoms with van der Waals surface area (Å²) in [6.45, 7) is 8.02. The number of rotatable bonds is 10. The van der Waals surface area contributed by atoms with E-state index in [1.807, 2.05) is 6.92 Å². The second-order valence-corrected chi connectivity index (χ2v) is 4.83. The Bertz CT molecular complexity index is 222. The van der Waals surface area contributed by atoms with Crippen molar-refractivity contribution < 1.29 is 14.3 Å². The molecule has 2 atom stereocenters. The summed E-state index contributed by atoms with van der Waals surface area (Å²) in [6.07, 6.45) is 0.834. The average molecular weight is 260 g/mol. The highest BCUT2D eigenvalue weighted by atomic mass is 16.5. The normalized spacial score (nSPS) is 14.6. The Morgan fingerprint density at radius 2 is 1.83 bits per heavy atom. The highest BCUT2D eigenvalue weighted by molar-refractivity contribution is 5.81. The van der Waals surface area contributed by atoms with Crippen molar-refractivity contribution in [3.63, 3.8) is 0 Å². The second kappa shape index (κ2) is 10.3. The zero-order chi connectivity index (χ0) is 14.0. The van der Waals surface area contributed by atoms with Gasteiger partial charge in [0.2, 0.25) is 5.91 Å². The van der Waals surface area contributed by atoms with Crippen molar-refractivity contribution in [3.05, 3.63) is 0 Å². The molecule has 0 aliphatic carbocycles. The van der Waals surface area contributed by atoms with Gasteiger partial charge in [-0.05, 0) is 19.3 Å². The largest absolute Gasteiger partial charge is 0.385 e. The summed E-state index contributed by atoms with van der Waals surface area (Å²) >= 11 is 0. The van der Waals surface area contributed by atoms with E-state index >= 15 is 0 Å². The van der Waals surface area contributed by atoms with Crippen molar-refractivity contribution in [1.29, 1.82) is 0 Å². The molecule has 0 spiro atoms. The predicted molar refractivity (Wildman–Crippen MR) is 72.6 cm³/mol. The number of hydrogen-bond acceptors (Lipinski definition) is 4. The molecule has 1 amide bonds. The zero-order valence-corrected chi connectivity index (χ0v) is 12.3. The number of methoxy groups -OCH3 is 2. The molecule has 108 valence electrons. The molecule has 0 saturated carbocycles. The standard InChI is InChI=1S/C13H28N2O3/c1-10(2)12(9-18-5)15-11(3)13(16)14-7-6-8-17-4/h10-12,15H,6-9H2,1-5H3,(H,14,16). The summed E-state index contributed by atoms with van der Waals surface area (Å²) in [7, 11) is 3.33. The fraction of sp³-hybridized carbons (Fsp3) is 0.923. The lowest BCUT2D eigenvalue weighted by Crippen LogP contribution is -2.50. The van der Waals surface area contributed by atoms with Crippen molar-refractivity contribution in [3.8, 4) is 0 Å². The second-order valence-electron chi connectivity index (χ2n) is 4.83. The number of amides is 1. The molecule has 0 fully saturated rings. The van der Waals surface area contributed by atoms with Crippen LogP contribution >= 0.6 is 0 Å². The smallest absolute Gasteiger partial charge is 0.236 e. The van der Waals surface area contributed by atoms with Crippen LogP contribution in [-0.4, -0.2) is 52.0 Å². The molecule has 0 aromatic carbocycles. The molecule has 0 heterocycles.